The van der Waals surface area contributed by atoms with Crippen molar-refractivity contribution in [3.8, 4) is 0 Å². The summed E-state index contributed by atoms with van der Waals surface area (Å²) in [6.07, 6.45) is 1.77. The van der Waals surface area contributed by atoms with Gasteiger partial charge in [-0.05, 0) is 40.7 Å². The zero-order chi connectivity index (χ0) is 14.7. The van der Waals surface area contributed by atoms with E-state index in [-0.39, 0.29) is 0 Å². The van der Waals surface area contributed by atoms with Crippen LogP contribution in [0.3, 0.4) is 0 Å². The molecule has 2 aromatic rings. The first-order chi connectivity index (χ1) is 9.51. The fourth-order valence-electron chi connectivity index (χ4n) is 2.14. The molecule has 0 aliphatic rings. The average Bonchev–Trinajstić information content (AvgIpc) is 2.64. The summed E-state index contributed by atoms with van der Waals surface area (Å²) in [5, 5.41) is 8.66. The molecule has 106 valence electrons. The van der Waals surface area contributed by atoms with Crippen LogP contribution in [0, 0.1) is 27.7 Å². The molecule has 2 aromatic heterocycles. The van der Waals surface area contributed by atoms with Crippen molar-refractivity contribution in [2.24, 2.45) is 5.10 Å². The third-order valence-corrected chi connectivity index (χ3v) is 3.08. The quantitative estimate of drug-likeness (QED) is 0.685. The van der Waals surface area contributed by atoms with Gasteiger partial charge < -0.3 is 0 Å². The Morgan fingerprint density at radius 3 is 2.40 bits per heavy atom. The number of nitrogens with one attached hydrogen (secondary N) is 1. The highest BCUT2D eigenvalue weighted by Gasteiger charge is 2.08. The SMILES string of the molecule is CCn1nc(C)c(/C=N\Nc2nc(C)cc(C)n2)c1C. The number of hydrogen-bond acceptors (Lipinski definition) is 5. The van der Waals surface area contributed by atoms with Crippen LogP contribution in [0.5, 0.6) is 0 Å². The standard InChI is InChI=1S/C14H20N6/c1-6-20-12(5)13(11(4)19-20)8-15-18-14-16-9(2)7-10(3)17-14/h7-8H,6H2,1-5H3,(H,16,17,18)/b15-8-. The summed E-state index contributed by atoms with van der Waals surface area (Å²) in [6, 6.07) is 1.93. The molecule has 1 N–H and O–H groups in total. The van der Waals surface area contributed by atoms with Gasteiger partial charge in [0.1, 0.15) is 0 Å². The molecule has 0 aliphatic heterocycles. The molecule has 0 aromatic carbocycles. The number of anilines is 1. The van der Waals surface area contributed by atoms with Crippen molar-refractivity contribution >= 4 is 12.2 Å². The molecule has 0 fully saturated rings. The Kier molecular flexibility index (Phi) is 4.12. The van der Waals surface area contributed by atoms with E-state index in [4.69, 9.17) is 0 Å². The number of hydrazone groups is 1. The second-order valence-electron chi connectivity index (χ2n) is 4.74. The van der Waals surface area contributed by atoms with Gasteiger partial charge in [0.15, 0.2) is 0 Å². The van der Waals surface area contributed by atoms with Crippen LogP contribution >= 0.6 is 0 Å². The van der Waals surface area contributed by atoms with Crippen LogP contribution in [0.1, 0.15) is 35.3 Å². The number of hydrogen-bond donors (Lipinski definition) is 1. The van der Waals surface area contributed by atoms with E-state index in [1.54, 1.807) is 6.21 Å². The smallest absolute Gasteiger partial charge is 0.243 e. The molecule has 2 heterocycles. The molecule has 0 saturated heterocycles. The van der Waals surface area contributed by atoms with Gasteiger partial charge >= 0.3 is 0 Å². The van der Waals surface area contributed by atoms with Crippen molar-refractivity contribution in [1.82, 2.24) is 19.7 Å². The van der Waals surface area contributed by atoms with E-state index in [0.717, 1.165) is 34.9 Å². The van der Waals surface area contributed by atoms with Crippen molar-refractivity contribution in [2.75, 3.05) is 5.43 Å². The maximum atomic E-state index is 4.45. The Morgan fingerprint density at radius 1 is 1.20 bits per heavy atom. The summed E-state index contributed by atoms with van der Waals surface area (Å²) < 4.78 is 1.96. The van der Waals surface area contributed by atoms with Gasteiger partial charge in [-0.3, -0.25) is 4.68 Å². The second kappa shape index (κ2) is 5.81. The molecule has 0 bridgehead atoms. The molecule has 6 heteroatoms. The summed E-state index contributed by atoms with van der Waals surface area (Å²) >= 11 is 0. The third kappa shape index (κ3) is 3.01. The lowest BCUT2D eigenvalue weighted by molar-refractivity contribution is 0.634. The molecule has 2 rings (SSSR count). The lowest BCUT2D eigenvalue weighted by atomic mass is 10.2. The fraction of sp³-hybridized carbons (Fsp3) is 0.429. The monoisotopic (exact) mass is 272 g/mol. The Balaban J connectivity index is 2.16. The van der Waals surface area contributed by atoms with Gasteiger partial charge in [0.2, 0.25) is 5.95 Å². The number of rotatable bonds is 4. The summed E-state index contributed by atoms with van der Waals surface area (Å²) in [7, 11) is 0. The highest BCUT2D eigenvalue weighted by molar-refractivity contribution is 5.82. The van der Waals surface area contributed by atoms with Crippen LogP contribution in [0.2, 0.25) is 0 Å². The first-order valence-electron chi connectivity index (χ1n) is 6.66. The van der Waals surface area contributed by atoms with Crippen LogP contribution in [0.4, 0.5) is 5.95 Å². The summed E-state index contributed by atoms with van der Waals surface area (Å²) in [6.45, 7) is 10.8. The third-order valence-electron chi connectivity index (χ3n) is 3.08. The zero-order valence-corrected chi connectivity index (χ0v) is 12.6. The van der Waals surface area contributed by atoms with E-state index >= 15 is 0 Å². The number of aromatic nitrogens is 4. The topological polar surface area (TPSA) is 68.0 Å². The van der Waals surface area contributed by atoms with Gasteiger partial charge in [0.25, 0.3) is 0 Å². The Labute approximate surface area is 119 Å². The van der Waals surface area contributed by atoms with Gasteiger partial charge in [-0.15, -0.1) is 0 Å². The average molecular weight is 272 g/mol. The van der Waals surface area contributed by atoms with Crippen molar-refractivity contribution in [1.29, 1.82) is 0 Å². The van der Waals surface area contributed by atoms with Gasteiger partial charge in [-0.25, -0.2) is 15.4 Å². The minimum atomic E-state index is 0.511. The predicted molar refractivity (Wildman–Crippen MR) is 80.1 cm³/mol. The molecule has 0 atom stereocenters. The number of nitrogens with zero attached hydrogens (tertiary/aromatic N) is 5. The van der Waals surface area contributed by atoms with Crippen LogP contribution in [-0.2, 0) is 6.54 Å². The maximum absolute atomic E-state index is 4.45. The summed E-state index contributed by atoms with van der Waals surface area (Å²) in [5.74, 6) is 0.511. The van der Waals surface area contributed by atoms with Crippen LogP contribution in [-0.4, -0.2) is 26.0 Å². The molecule has 0 spiro atoms. The second-order valence-corrected chi connectivity index (χ2v) is 4.74. The van der Waals surface area contributed by atoms with E-state index in [1.807, 2.05) is 38.4 Å². The molecule has 0 unspecified atom stereocenters. The lowest BCUT2D eigenvalue weighted by Crippen LogP contribution is -2.01. The van der Waals surface area contributed by atoms with Gasteiger partial charge in [-0.1, -0.05) is 0 Å². The minimum Gasteiger partial charge on any atom is -0.269 e. The van der Waals surface area contributed by atoms with Crippen LogP contribution < -0.4 is 5.43 Å². The Morgan fingerprint density at radius 2 is 1.85 bits per heavy atom. The summed E-state index contributed by atoms with van der Waals surface area (Å²) in [4.78, 5) is 8.55. The summed E-state index contributed by atoms with van der Waals surface area (Å²) in [5.41, 5.74) is 7.81. The van der Waals surface area contributed by atoms with Crippen LogP contribution in [0.25, 0.3) is 0 Å². The molecule has 20 heavy (non-hydrogen) atoms. The molecule has 0 saturated carbocycles. The van der Waals surface area contributed by atoms with Gasteiger partial charge in [0, 0.05) is 29.2 Å². The zero-order valence-electron chi connectivity index (χ0n) is 12.6. The van der Waals surface area contributed by atoms with Crippen LogP contribution in [0.15, 0.2) is 11.2 Å². The fourth-order valence-corrected chi connectivity index (χ4v) is 2.14. The molecule has 0 radical (unpaired) electrons. The van der Waals surface area contributed by atoms with E-state index in [2.05, 4.69) is 32.5 Å². The molecular weight excluding hydrogens is 252 g/mol. The minimum absolute atomic E-state index is 0.511. The molecular formula is C14H20N6. The highest BCUT2D eigenvalue weighted by atomic mass is 15.3. The van der Waals surface area contributed by atoms with E-state index in [0.29, 0.717) is 5.95 Å². The Bertz CT molecular complexity index is 621. The van der Waals surface area contributed by atoms with Crippen molar-refractivity contribution in [3.05, 3.63) is 34.4 Å². The first kappa shape index (κ1) is 14.2. The maximum Gasteiger partial charge on any atom is 0.243 e. The Hall–Kier alpha value is -2.24. The van der Waals surface area contributed by atoms with Gasteiger partial charge in [0.05, 0.1) is 11.9 Å². The first-order valence-corrected chi connectivity index (χ1v) is 6.66. The molecule has 0 aliphatic carbocycles. The van der Waals surface area contributed by atoms with E-state index in [9.17, 15) is 0 Å². The predicted octanol–water partition coefficient (Wildman–Crippen LogP) is 2.37. The van der Waals surface area contributed by atoms with E-state index in [1.165, 1.54) is 0 Å². The number of aryl methyl sites for hydroxylation is 4. The highest BCUT2D eigenvalue weighted by Crippen LogP contribution is 2.10. The molecule has 6 nitrogen and oxygen atoms in total. The molecule has 0 amide bonds. The van der Waals surface area contributed by atoms with Crippen molar-refractivity contribution in [2.45, 2.75) is 41.2 Å². The van der Waals surface area contributed by atoms with E-state index < -0.39 is 0 Å². The lowest BCUT2D eigenvalue weighted by Gasteiger charge is -2.01. The van der Waals surface area contributed by atoms with Crippen molar-refractivity contribution in [3.63, 3.8) is 0 Å². The van der Waals surface area contributed by atoms with Crippen molar-refractivity contribution < 1.29 is 0 Å². The van der Waals surface area contributed by atoms with Gasteiger partial charge in [-0.2, -0.15) is 10.2 Å². The normalized spacial score (nSPS) is 11.2. The largest absolute Gasteiger partial charge is 0.269 e.